The molecule has 0 unspecified atom stereocenters. The number of halogens is 6. The molecule has 0 atom stereocenters. The highest BCUT2D eigenvalue weighted by Crippen LogP contribution is 2.37. The van der Waals surface area contributed by atoms with Crippen LogP contribution in [0.25, 0.3) is 0 Å². The van der Waals surface area contributed by atoms with Crippen molar-refractivity contribution in [1.29, 1.82) is 0 Å². The maximum Gasteiger partial charge on any atom is 0.416 e. The lowest BCUT2D eigenvalue weighted by atomic mass is 9.74. The molecule has 0 saturated carbocycles. The molecule has 0 radical (unpaired) electrons. The minimum Gasteiger partial charge on any atom is -0.313 e. The molecule has 31 heavy (non-hydrogen) atoms. The second kappa shape index (κ2) is 9.34. The second-order valence-corrected chi connectivity index (χ2v) is 8.13. The van der Waals surface area contributed by atoms with Gasteiger partial charge in [0.1, 0.15) is 6.61 Å². The van der Waals surface area contributed by atoms with Crippen molar-refractivity contribution in [3.63, 3.8) is 0 Å². The number of rotatable bonds is 5. The predicted molar refractivity (Wildman–Crippen MR) is 99.2 cm³/mol. The van der Waals surface area contributed by atoms with E-state index in [1.54, 1.807) is 0 Å². The maximum atomic E-state index is 12.9. The second-order valence-electron chi connectivity index (χ2n) is 8.13. The average Bonchev–Trinajstić information content (AvgIpc) is 2.65. The topological polar surface area (TPSA) is 55.6 Å². The lowest BCUT2D eigenvalue weighted by Gasteiger charge is -2.39. The molecule has 0 N–H and O–H groups in total. The molecule has 2 rings (SSSR count). The van der Waals surface area contributed by atoms with Crippen LogP contribution >= 0.6 is 0 Å². The number of likely N-dealkylation sites (tertiary alicyclic amines) is 1. The number of nitrogens with zero attached hydrogens (tertiary/aromatic N) is 2. The van der Waals surface area contributed by atoms with Gasteiger partial charge < -0.3 is 4.84 Å². The van der Waals surface area contributed by atoms with Crippen LogP contribution in [0.3, 0.4) is 0 Å². The molecule has 1 aromatic carbocycles. The fraction of sp³-hybridized carbons (Fsp3) is 0.600. The standard InChI is InChI=1S/C20H22F6N2O3/c1-18(2,13-31-28(29)30)15-5-8-27(9-6-15)7-3-4-14-10-16(19(21,22)23)12-17(11-14)20(24,25)26/h10-12,15H,5-9,13H2,1-2H3. The zero-order valence-corrected chi connectivity index (χ0v) is 16.9. The fourth-order valence-corrected chi connectivity index (χ4v) is 3.49. The van der Waals surface area contributed by atoms with E-state index < -0.39 is 34.0 Å². The van der Waals surface area contributed by atoms with E-state index in [4.69, 9.17) is 0 Å². The van der Waals surface area contributed by atoms with E-state index in [-0.39, 0.29) is 30.7 Å². The Morgan fingerprint density at radius 3 is 2.03 bits per heavy atom. The maximum absolute atomic E-state index is 12.9. The summed E-state index contributed by atoms with van der Waals surface area (Å²) in [4.78, 5) is 16.8. The van der Waals surface area contributed by atoms with Gasteiger partial charge in [0.05, 0.1) is 17.7 Å². The largest absolute Gasteiger partial charge is 0.416 e. The van der Waals surface area contributed by atoms with Gasteiger partial charge in [0, 0.05) is 5.56 Å². The van der Waals surface area contributed by atoms with Crippen molar-refractivity contribution >= 4 is 0 Å². The molecular formula is C20H22F6N2O3. The van der Waals surface area contributed by atoms with E-state index in [0.29, 0.717) is 25.2 Å². The molecule has 1 aromatic rings. The summed E-state index contributed by atoms with van der Waals surface area (Å²) in [6, 6.07) is 1.28. The van der Waals surface area contributed by atoms with Crippen LogP contribution in [-0.4, -0.2) is 36.2 Å². The van der Waals surface area contributed by atoms with E-state index in [9.17, 15) is 36.5 Å². The summed E-state index contributed by atoms with van der Waals surface area (Å²) in [6.07, 6.45) is -8.38. The first kappa shape index (κ1) is 24.8. The molecule has 1 aliphatic heterocycles. The van der Waals surface area contributed by atoms with Gasteiger partial charge in [-0.25, -0.2) is 0 Å². The number of benzene rings is 1. The van der Waals surface area contributed by atoms with E-state index in [0.717, 1.165) is 12.8 Å². The number of hydrogen-bond acceptors (Lipinski definition) is 4. The number of alkyl halides is 6. The van der Waals surface area contributed by atoms with Crippen LogP contribution in [0, 0.1) is 33.3 Å². The molecule has 1 fully saturated rings. The first-order valence-electron chi connectivity index (χ1n) is 9.46. The molecule has 1 aliphatic rings. The van der Waals surface area contributed by atoms with Crippen LogP contribution in [0.2, 0.25) is 0 Å². The van der Waals surface area contributed by atoms with E-state index in [1.807, 2.05) is 18.7 Å². The van der Waals surface area contributed by atoms with Gasteiger partial charge in [0.15, 0.2) is 0 Å². The molecule has 0 amide bonds. The van der Waals surface area contributed by atoms with Crippen molar-refractivity contribution in [2.24, 2.45) is 11.3 Å². The molecule has 5 nitrogen and oxygen atoms in total. The minimum absolute atomic E-state index is 0.0262. The van der Waals surface area contributed by atoms with Crippen LogP contribution in [0.15, 0.2) is 18.2 Å². The fourth-order valence-electron chi connectivity index (χ4n) is 3.49. The van der Waals surface area contributed by atoms with Gasteiger partial charge in [0.2, 0.25) is 0 Å². The van der Waals surface area contributed by atoms with Crippen molar-refractivity contribution in [1.82, 2.24) is 4.90 Å². The first-order chi connectivity index (χ1) is 14.2. The Hall–Kier alpha value is -2.48. The lowest BCUT2D eigenvalue weighted by molar-refractivity contribution is -0.761. The Morgan fingerprint density at radius 2 is 1.58 bits per heavy atom. The predicted octanol–water partition coefficient (Wildman–Crippen LogP) is 5.02. The molecule has 0 aromatic heterocycles. The lowest BCUT2D eigenvalue weighted by Crippen LogP contribution is -2.41. The molecular weight excluding hydrogens is 430 g/mol. The van der Waals surface area contributed by atoms with Gasteiger partial charge in [-0.15, -0.1) is 10.1 Å². The Labute approximate surface area is 175 Å². The summed E-state index contributed by atoms with van der Waals surface area (Å²) in [5.74, 6) is 5.23. The molecule has 0 aliphatic carbocycles. The number of piperidine rings is 1. The highest BCUT2D eigenvalue weighted by molar-refractivity contribution is 5.42. The highest BCUT2D eigenvalue weighted by Gasteiger charge is 2.37. The minimum atomic E-state index is -4.91. The monoisotopic (exact) mass is 452 g/mol. The first-order valence-corrected chi connectivity index (χ1v) is 9.46. The highest BCUT2D eigenvalue weighted by atomic mass is 19.4. The third-order valence-corrected chi connectivity index (χ3v) is 5.36. The van der Waals surface area contributed by atoms with Crippen LogP contribution < -0.4 is 0 Å². The molecule has 1 heterocycles. The van der Waals surface area contributed by atoms with Crippen LogP contribution in [0.4, 0.5) is 26.3 Å². The van der Waals surface area contributed by atoms with Gasteiger partial charge in [-0.3, -0.25) is 4.90 Å². The van der Waals surface area contributed by atoms with Crippen LogP contribution in [0.1, 0.15) is 43.4 Å². The van der Waals surface area contributed by atoms with E-state index >= 15 is 0 Å². The molecule has 1 saturated heterocycles. The Kier molecular flexibility index (Phi) is 7.47. The van der Waals surface area contributed by atoms with Crippen LogP contribution in [-0.2, 0) is 17.2 Å². The third-order valence-electron chi connectivity index (χ3n) is 5.36. The van der Waals surface area contributed by atoms with Gasteiger partial charge in [-0.2, -0.15) is 26.3 Å². The molecule has 0 spiro atoms. The summed E-state index contributed by atoms with van der Waals surface area (Å²) in [7, 11) is 0. The molecule has 11 heteroatoms. The SMILES string of the molecule is CC(C)(CO[N+](=O)[O-])C1CCN(CC#Cc2cc(C(F)(F)F)cc(C(F)(F)F)c2)CC1. The van der Waals surface area contributed by atoms with Crippen LogP contribution in [0.5, 0.6) is 0 Å². The van der Waals surface area contributed by atoms with Crippen molar-refractivity contribution in [2.75, 3.05) is 26.2 Å². The van der Waals surface area contributed by atoms with Gasteiger partial charge >= 0.3 is 12.4 Å². The van der Waals surface area contributed by atoms with Crippen molar-refractivity contribution in [3.8, 4) is 11.8 Å². The van der Waals surface area contributed by atoms with Gasteiger partial charge in [-0.05, 0) is 55.5 Å². The summed E-state index contributed by atoms with van der Waals surface area (Å²) < 4.78 is 77.5. The van der Waals surface area contributed by atoms with E-state index in [1.165, 1.54) is 0 Å². The zero-order chi connectivity index (χ0) is 23.4. The zero-order valence-electron chi connectivity index (χ0n) is 16.9. The smallest absolute Gasteiger partial charge is 0.313 e. The Balaban J connectivity index is 2.02. The van der Waals surface area contributed by atoms with Crippen molar-refractivity contribution < 1.29 is 36.3 Å². The molecule has 0 bridgehead atoms. The Bertz CT molecular complexity index is 815. The van der Waals surface area contributed by atoms with Gasteiger partial charge in [-0.1, -0.05) is 25.7 Å². The number of hydrogen-bond donors (Lipinski definition) is 0. The average molecular weight is 452 g/mol. The summed E-state index contributed by atoms with van der Waals surface area (Å²) in [5.41, 5.74) is -3.55. The van der Waals surface area contributed by atoms with Gasteiger partial charge in [0.25, 0.3) is 5.09 Å². The van der Waals surface area contributed by atoms with Crippen molar-refractivity contribution in [2.45, 2.75) is 39.0 Å². The Morgan fingerprint density at radius 1 is 1.06 bits per heavy atom. The molecule has 172 valence electrons. The summed E-state index contributed by atoms with van der Waals surface area (Å²) in [6.45, 7) is 5.14. The summed E-state index contributed by atoms with van der Waals surface area (Å²) >= 11 is 0. The quantitative estimate of drug-likeness (QED) is 0.272. The third kappa shape index (κ3) is 7.31. The summed E-state index contributed by atoms with van der Waals surface area (Å²) in [5, 5.41) is 9.57. The van der Waals surface area contributed by atoms with E-state index in [2.05, 4.69) is 16.7 Å². The normalized spacial score (nSPS) is 16.5. The van der Waals surface area contributed by atoms with Crippen molar-refractivity contribution in [3.05, 3.63) is 45.0 Å².